The van der Waals surface area contributed by atoms with E-state index in [1.165, 1.54) is 67.8 Å². The Balaban J connectivity index is 1.34. The van der Waals surface area contributed by atoms with E-state index < -0.39 is 0 Å². The molecule has 1 aromatic heterocycles. The van der Waals surface area contributed by atoms with Crippen LogP contribution in [-0.4, -0.2) is 4.57 Å². The number of hydrogen-bond acceptors (Lipinski definition) is 0. The van der Waals surface area contributed by atoms with Gasteiger partial charge in [-0.2, -0.15) is 0 Å². The summed E-state index contributed by atoms with van der Waals surface area (Å²) in [4.78, 5) is 0. The van der Waals surface area contributed by atoms with Gasteiger partial charge in [-0.3, -0.25) is 0 Å². The van der Waals surface area contributed by atoms with Crippen molar-refractivity contribution in [2.45, 2.75) is 59.3 Å². The lowest BCUT2D eigenvalue weighted by Crippen LogP contribution is -2.38. The summed E-state index contributed by atoms with van der Waals surface area (Å²) in [6.45, 7) is 7.37. The number of rotatable bonds is 7. The first-order chi connectivity index (χ1) is 22.0. The van der Waals surface area contributed by atoms with Crippen LogP contribution in [0.25, 0.3) is 45.4 Å². The van der Waals surface area contributed by atoms with Crippen LogP contribution in [0.4, 0.5) is 0 Å². The first-order valence-electron chi connectivity index (χ1n) is 17.0. The Hall–Kier alpha value is -4.36. The summed E-state index contributed by atoms with van der Waals surface area (Å²) < 4.78 is 2.50. The Morgan fingerprint density at radius 3 is 2.16 bits per heavy atom. The number of nitrogens with zero attached hydrogens (tertiary/aromatic N) is 1. The SMILES string of the molecule is CCC[C@@H]1C(CC2=CCCC=C2c2ccccc2-c2ccccc2)C/C=c2\c(c3ccccc3n2-c2ccccc2)=C/C1(C)C. The first-order valence-corrected chi connectivity index (χ1v) is 17.0. The van der Waals surface area contributed by atoms with Gasteiger partial charge in [-0.1, -0.05) is 142 Å². The average Bonchev–Trinajstić information content (AvgIpc) is 3.38. The molecule has 4 aromatic carbocycles. The third kappa shape index (κ3) is 5.66. The van der Waals surface area contributed by atoms with Crippen molar-refractivity contribution in [1.29, 1.82) is 0 Å². The Kier molecular flexibility index (Phi) is 8.19. The van der Waals surface area contributed by atoms with E-state index in [1.54, 1.807) is 0 Å². The van der Waals surface area contributed by atoms with E-state index in [-0.39, 0.29) is 5.41 Å². The summed E-state index contributed by atoms with van der Waals surface area (Å²) in [7, 11) is 0. The fourth-order valence-electron chi connectivity index (χ4n) is 8.22. The van der Waals surface area contributed by atoms with E-state index in [1.807, 2.05) is 0 Å². The fraction of sp³-hybridized carbons (Fsp3) is 0.273. The van der Waals surface area contributed by atoms with Gasteiger partial charge in [0.25, 0.3) is 0 Å². The second-order valence-corrected chi connectivity index (χ2v) is 13.6. The lowest BCUT2D eigenvalue weighted by Gasteiger charge is -2.39. The molecule has 0 bridgehead atoms. The lowest BCUT2D eigenvalue weighted by molar-refractivity contribution is 0.188. The van der Waals surface area contributed by atoms with Crippen LogP contribution >= 0.6 is 0 Å². The van der Waals surface area contributed by atoms with Crippen molar-refractivity contribution >= 4 is 28.6 Å². The summed E-state index contributed by atoms with van der Waals surface area (Å²) in [6, 6.07) is 39.8. The predicted molar refractivity (Wildman–Crippen MR) is 194 cm³/mol. The molecule has 2 atom stereocenters. The minimum Gasteiger partial charge on any atom is -0.310 e. The summed E-state index contributed by atoms with van der Waals surface area (Å²) >= 11 is 0. The topological polar surface area (TPSA) is 4.93 Å². The fourth-order valence-corrected chi connectivity index (χ4v) is 8.22. The van der Waals surface area contributed by atoms with Crippen molar-refractivity contribution in [3.8, 4) is 16.8 Å². The van der Waals surface area contributed by atoms with Gasteiger partial charge in [0.2, 0.25) is 0 Å². The van der Waals surface area contributed by atoms with Gasteiger partial charge >= 0.3 is 0 Å². The van der Waals surface area contributed by atoms with E-state index in [4.69, 9.17) is 0 Å². The Morgan fingerprint density at radius 1 is 0.711 bits per heavy atom. The molecule has 0 N–H and O–H groups in total. The predicted octanol–water partition coefficient (Wildman–Crippen LogP) is 10.5. The van der Waals surface area contributed by atoms with Crippen molar-refractivity contribution in [2.24, 2.45) is 17.3 Å². The van der Waals surface area contributed by atoms with Gasteiger partial charge in [0.1, 0.15) is 0 Å². The van der Waals surface area contributed by atoms with Crippen molar-refractivity contribution in [2.75, 3.05) is 0 Å². The summed E-state index contributed by atoms with van der Waals surface area (Å²) in [5.74, 6) is 1.13. The summed E-state index contributed by atoms with van der Waals surface area (Å²) in [5, 5.41) is 4.10. The van der Waals surface area contributed by atoms with Crippen molar-refractivity contribution in [3.63, 3.8) is 0 Å². The van der Waals surface area contributed by atoms with E-state index in [2.05, 4.69) is 159 Å². The molecule has 0 spiro atoms. The molecule has 2 aliphatic rings. The van der Waals surface area contributed by atoms with Crippen LogP contribution in [0.15, 0.2) is 127 Å². The highest BCUT2D eigenvalue weighted by Gasteiger charge is 2.35. The smallest absolute Gasteiger partial charge is 0.0540 e. The molecule has 1 nitrogen and oxygen atoms in total. The molecule has 2 aliphatic carbocycles. The minimum atomic E-state index is 0.0520. The number of hydrogen-bond donors (Lipinski definition) is 0. The molecule has 1 unspecified atom stereocenters. The summed E-state index contributed by atoms with van der Waals surface area (Å²) in [6.07, 6.45) is 17.1. The molecule has 0 radical (unpaired) electrons. The highest BCUT2D eigenvalue weighted by Crippen LogP contribution is 2.46. The molecule has 5 aromatic rings. The molecular weight excluding hydrogens is 542 g/mol. The van der Waals surface area contributed by atoms with Gasteiger partial charge in [0.15, 0.2) is 0 Å². The standard InChI is InChI=1S/C44H45N/c1-4-17-41-34(30-33-20-11-12-24-37(33)38-25-14-13-23-36(38)32-18-7-5-8-19-32)28-29-43-40(31-44(41,2)3)39-26-15-16-27-42(39)45(43)35-21-9-6-10-22-35/h5-10,13-16,18-27,29,31,34,41H,4,11-12,17,28,30H2,1-3H3/b40-31-,43-29+/t34?,41-/m1/s1. The minimum absolute atomic E-state index is 0.0520. The van der Waals surface area contributed by atoms with Gasteiger partial charge < -0.3 is 4.57 Å². The number of aromatic nitrogens is 1. The summed E-state index contributed by atoms with van der Waals surface area (Å²) in [5.41, 5.74) is 9.54. The quantitative estimate of drug-likeness (QED) is 0.178. The van der Waals surface area contributed by atoms with E-state index in [0.29, 0.717) is 11.8 Å². The van der Waals surface area contributed by atoms with Crippen LogP contribution in [-0.2, 0) is 0 Å². The van der Waals surface area contributed by atoms with Crippen LogP contribution in [0, 0.1) is 17.3 Å². The maximum absolute atomic E-state index is 2.63. The van der Waals surface area contributed by atoms with Crippen LogP contribution in [0.3, 0.4) is 0 Å². The zero-order chi connectivity index (χ0) is 30.8. The largest absolute Gasteiger partial charge is 0.310 e. The molecule has 0 amide bonds. The Labute approximate surface area is 269 Å². The highest BCUT2D eigenvalue weighted by molar-refractivity contribution is 5.89. The number of para-hydroxylation sites is 2. The van der Waals surface area contributed by atoms with E-state index in [9.17, 15) is 0 Å². The molecule has 0 saturated carbocycles. The van der Waals surface area contributed by atoms with Gasteiger partial charge in [0, 0.05) is 21.6 Å². The monoisotopic (exact) mass is 587 g/mol. The first kappa shape index (κ1) is 29.4. The van der Waals surface area contributed by atoms with Gasteiger partial charge in [-0.05, 0) is 95.4 Å². The zero-order valence-electron chi connectivity index (χ0n) is 27.0. The zero-order valence-corrected chi connectivity index (χ0v) is 27.0. The van der Waals surface area contributed by atoms with Gasteiger partial charge in [-0.15, -0.1) is 0 Å². The van der Waals surface area contributed by atoms with Crippen LogP contribution in [0.1, 0.15) is 64.9 Å². The van der Waals surface area contributed by atoms with Crippen molar-refractivity contribution in [1.82, 2.24) is 4.57 Å². The van der Waals surface area contributed by atoms with Gasteiger partial charge in [0.05, 0.1) is 5.52 Å². The molecule has 0 fully saturated rings. The molecule has 7 rings (SSSR count). The molecule has 1 heteroatoms. The Bertz CT molecular complexity index is 1980. The Morgan fingerprint density at radius 2 is 1.38 bits per heavy atom. The molecule has 1 heterocycles. The van der Waals surface area contributed by atoms with Crippen LogP contribution < -0.4 is 10.6 Å². The molecule has 0 aliphatic heterocycles. The average molecular weight is 588 g/mol. The van der Waals surface area contributed by atoms with Crippen LogP contribution in [0.2, 0.25) is 0 Å². The van der Waals surface area contributed by atoms with E-state index >= 15 is 0 Å². The highest BCUT2D eigenvalue weighted by atomic mass is 15.0. The van der Waals surface area contributed by atoms with Crippen molar-refractivity contribution < 1.29 is 0 Å². The number of allylic oxidation sites excluding steroid dienone is 4. The second-order valence-electron chi connectivity index (χ2n) is 13.6. The van der Waals surface area contributed by atoms with Crippen LogP contribution in [0.5, 0.6) is 0 Å². The molecule has 45 heavy (non-hydrogen) atoms. The molecular formula is C44H45N. The number of fused-ring (bicyclic) bond motifs is 3. The molecule has 0 saturated heterocycles. The van der Waals surface area contributed by atoms with Crippen molar-refractivity contribution in [3.05, 3.63) is 143 Å². The lowest BCUT2D eigenvalue weighted by atomic mass is 9.65. The maximum Gasteiger partial charge on any atom is 0.0540 e. The normalized spacial score (nSPS) is 20.9. The third-order valence-corrected chi connectivity index (χ3v) is 10.3. The third-order valence-electron chi connectivity index (χ3n) is 10.3. The molecule has 226 valence electrons. The van der Waals surface area contributed by atoms with E-state index in [0.717, 1.165) is 25.7 Å². The number of benzene rings is 4. The maximum atomic E-state index is 2.63. The second kappa shape index (κ2) is 12.6. The van der Waals surface area contributed by atoms with Gasteiger partial charge in [-0.25, -0.2) is 0 Å².